The highest BCUT2D eigenvalue weighted by Gasteiger charge is 2.16. The van der Waals surface area contributed by atoms with Gasteiger partial charge in [-0.3, -0.25) is 4.79 Å². The van der Waals surface area contributed by atoms with E-state index in [4.69, 9.17) is 14.2 Å². The summed E-state index contributed by atoms with van der Waals surface area (Å²) in [5.41, 5.74) is 2.11. The summed E-state index contributed by atoms with van der Waals surface area (Å²) < 4.78 is 16.0. The number of carbonyl (C=O) groups excluding carboxylic acids is 1. The maximum Gasteiger partial charge on any atom is 0.213 e. The summed E-state index contributed by atoms with van der Waals surface area (Å²) >= 11 is 0. The molecule has 0 spiro atoms. The SMILES string of the molecule is COc1cc(OC)c(OC)cc1/C=N\N=C(/C(=O)c1ccccc1)c1ccccc1. The third kappa shape index (κ3) is 4.72. The van der Waals surface area contributed by atoms with Crippen LogP contribution in [0.4, 0.5) is 0 Å². The molecule has 3 aromatic rings. The zero-order valence-electron chi connectivity index (χ0n) is 17.0. The Kier molecular flexibility index (Phi) is 6.95. The highest BCUT2D eigenvalue weighted by atomic mass is 16.5. The van der Waals surface area contributed by atoms with E-state index in [9.17, 15) is 4.79 Å². The number of nitrogens with zero attached hydrogens (tertiary/aromatic N) is 2. The minimum absolute atomic E-state index is 0.210. The number of carbonyl (C=O) groups is 1. The van der Waals surface area contributed by atoms with Crippen LogP contribution in [0.15, 0.2) is 83.0 Å². The number of ketones is 1. The molecule has 0 atom stereocenters. The Morgan fingerprint density at radius 3 is 1.83 bits per heavy atom. The molecule has 0 radical (unpaired) electrons. The first-order chi connectivity index (χ1) is 14.7. The average Bonchev–Trinajstić information content (AvgIpc) is 2.82. The minimum atomic E-state index is -0.210. The molecule has 3 rings (SSSR count). The van der Waals surface area contributed by atoms with E-state index in [-0.39, 0.29) is 11.5 Å². The van der Waals surface area contributed by atoms with Crippen LogP contribution in [0, 0.1) is 0 Å². The van der Waals surface area contributed by atoms with Gasteiger partial charge in [0.1, 0.15) is 11.5 Å². The standard InChI is InChI=1S/C24H22N2O4/c1-28-20-15-22(30-3)21(29-2)14-19(20)16-25-26-23(17-10-6-4-7-11-17)24(27)18-12-8-5-9-13-18/h4-16H,1-3H3/b25-16-,26-23-. The Hall–Kier alpha value is -3.93. The largest absolute Gasteiger partial charge is 0.496 e. The van der Waals surface area contributed by atoms with Crippen LogP contribution in [0.5, 0.6) is 17.2 Å². The number of hydrogen-bond donors (Lipinski definition) is 0. The highest BCUT2D eigenvalue weighted by Crippen LogP contribution is 2.33. The molecule has 30 heavy (non-hydrogen) atoms. The van der Waals surface area contributed by atoms with Crippen molar-refractivity contribution in [2.45, 2.75) is 0 Å². The number of rotatable bonds is 8. The highest BCUT2D eigenvalue weighted by molar-refractivity contribution is 6.51. The molecule has 0 bridgehead atoms. The first kappa shape index (κ1) is 20.8. The van der Waals surface area contributed by atoms with Crippen molar-refractivity contribution in [3.8, 4) is 17.2 Å². The van der Waals surface area contributed by atoms with Gasteiger partial charge in [0.2, 0.25) is 5.78 Å². The van der Waals surface area contributed by atoms with Crippen LogP contribution in [0.3, 0.4) is 0 Å². The number of ether oxygens (including phenoxy) is 3. The minimum Gasteiger partial charge on any atom is -0.496 e. The third-order valence-electron chi connectivity index (χ3n) is 4.39. The Morgan fingerprint density at radius 1 is 0.733 bits per heavy atom. The lowest BCUT2D eigenvalue weighted by atomic mass is 10.0. The maximum absolute atomic E-state index is 13.0. The molecule has 3 aromatic carbocycles. The quantitative estimate of drug-likeness (QED) is 0.318. The van der Waals surface area contributed by atoms with Gasteiger partial charge < -0.3 is 14.2 Å². The second-order valence-electron chi connectivity index (χ2n) is 6.20. The molecule has 0 amide bonds. The molecule has 6 nitrogen and oxygen atoms in total. The van der Waals surface area contributed by atoms with E-state index in [1.807, 2.05) is 48.5 Å². The van der Waals surface area contributed by atoms with Gasteiger partial charge in [0.15, 0.2) is 11.5 Å². The maximum atomic E-state index is 13.0. The van der Waals surface area contributed by atoms with Gasteiger partial charge in [0.05, 0.1) is 27.5 Å². The number of Topliss-reactive ketones (excluding diaryl/α,β-unsaturated/α-hetero) is 1. The summed E-state index contributed by atoms with van der Waals surface area (Å²) in [6.45, 7) is 0. The van der Waals surface area contributed by atoms with E-state index in [2.05, 4.69) is 10.2 Å². The van der Waals surface area contributed by atoms with E-state index in [0.29, 0.717) is 33.9 Å². The Labute approximate surface area is 175 Å². The number of benzene rings is 3. The zero-order chi connectivity index (χ0) is 21.3. The summed E-state index contributed by atoms with van der Waals surface area (Å²) in [6.07, 6.45) is 1.52. The van der Waals surface area contributed by atoms with Gasteiger partial charge in [0, 0.05) is 22.8 Å². The molecule has 0 aliphatic carbocycles. The first-order valence-corrected chi connectivity index (χ1v) is 9.24. The van der Waals surface area contributed by atoms with Gasteiger partial charge in [-0.05, 0) is 6.07 Å². The fraction of sp³-hybridized carbons (Fsp3) is 0.125. The van der Waals surface area contributed by atoms with Gasteiger partial charge in [-0.1, -0.05) is 60.7 Å². The molecule has 0 aliphatic rings. The molecule has 0 fully saturated rings. The molecule has 0 heterocycles. The molecule has 0 aliphatic heterocycles. The lowest BCUT2D eigenvalue weighted by Crippen LogP contribution is -2.15. The van der Waals surface area contributed by atoms with Crippen LogP contribution in [0.2, 0.25) is 0 Å². The topological polar surface area (TPSA) is 69.5 Å². The third-order valence-corrected chi connectivity index (χ3v) is 4.39. The lowest BCUT2D eigenvalue weighted by molar-refractivity contribution is 0.106. The van der Waals surface area contributed by atoms with E-state index in [0.717, 1.165) is 0 Å². The summed E-state index contributed by atoms with van der Waals surface area (Å²) in [4.78, 5) is 13.0. The van der Waals surface area contributed by atoms with Gasteiger partial charge in [-0.15, -0.1) is 5.10 Å². The second kappa shape index (κ2) is 10.0. The zero-order valence-corrected chi connectivity index (χ0v) is 17.0. The van der Waals surface area contributed by atoms with Crippen molar-refractivity contribution in [3.63, 3.8) is 0 Å². The molecule has 0 saturated carbocycles. The lowest BCUT2D eigenvalue weighted by Gasteiger charge is -2.11. The van der Waals surface area contributed by atoms with Crippen LogP contribution in [0.25, 0.3) is 0 Å². The average molecular weight is 402 g/mol. The van der Waals surface area contributed by atoms with Crippen molar-refractivity contribution in [2.24, 2.45) is 10.2 Å². The van der Waals surface area contributed by atoms with Crippen molar-refractivity contribution in [2.75, 3.05) is 21.3 Å². The summed E-state index contributed by atoms with van der Waals surface area (Å²) in [6, 6.07) is 21.7. The van der Waals surface area contributed by atoms with E-state index < -0.39 is 0 Å². The van der Waals surface area contributed by atoms with Gasteiger partial charge in [0.25, 0.3) is 0 Å². The van der Waals surface area contributed by atoms with Crippen LogP contribution < -0.4 is 14.2 Å². The fourth-order valence-corrected chi connectivity index (χ4v) is 2.86. The summed E-state index contributed by atoms with van der Waals surface area (Å²) in [5, 5.41) is 8.42. The Morgan fingerprint density at radius 2 is 1.27 bits per heavy atom. The van der Waals surface area contributed by atoms with E-state index in [1.165, 1.54) is 6.21 Å². The predicted molar refractivity (Wildman–Crippen MR) is 117 cm³/mol. The van der Waals surface area contributed by atoms with Crippen LogP contribution >= 0.6 is 0 Å². The molecular formula is C24H22N2O4. The summed E-state index contributed by atoms with van der Waals surface area (Å²) in [7, 11) is 4.66. The molecule has 152 valence electrons. The molecule has 0 saturated heterocycles. The molecule has 0 aromatic heterocycles. The van der Waals surface area contributed by atoms with Crippen molar-refractivity contribution in [1.82, 2.24) is 0 Å². The number of methoxy groups -OCH3 is 3. The normalized spacial score (nSPS) is 11.4. The van der Waals surface area contributed by atoms with Gasteiger partial charge in [-0.25, -0.2) is 0 Å². The van der Waals surface area contributed by atoms with Gasteiger partial charge >= 0.3 is 0 Å². The van der Waals surface area contributed by atoms with Crippen molar-refractivity contribution < 1.29 is 19.0 Å². The van der Waals surface area contributed by atoms with E-state index >= 15 is 0 Å². The molecular weight excluding hydrogens is 380 g/mol. The van der Waals surface area contributed by atoms with Crippen molar-refractivity contribution >= 4 is 17.7 Å². The second-order valence-corrected chi connectivity index (χ2v) is 6.20. The molecule has 0 unspecified atom stereocenters. The fourth-order valence-electron chi connectivity index (χ4n) is 2.86. The summed E-state index contributed by atoms with van der Waals surface area (Å²) in [5.74, 6) is 1.41. The molecule has 0 N–H and O–H groups in total. The van der Waals surface area contributed by atoms with Gasteiger partial charge in [-0.2, -0.15) is 5.10 Å². The number of hydrogen-bond acceptors (Lipinski definition) is 6. The van der Waals surface area contributed by atoms with E-state index in [1.54, 1.807) is 45.6 Å². The van der Waals surface area contributed by atoms with Crippen LogP contribution in [0.1, 0.15) is 21.5 Å². The Balaban J connectivity index is 2.01. The smallest absolute Gasteiger partial charge is 0.213 e. The monoisotopic (exact) mass is 402 g/mol. The van der Waals surface area contributed by atoms with Crippen molar-refractivity contribution in [1.29, 1.82) is 0 Å². The van der Waals surface area contributed by atoms with Crippen LogP contribution in [-0.4, -0.2) is 39.0 Å². The molecule has 6 heteroatoms. The predicted octanol–water partition coefficient (Wildman–Crippen LogP) is 4.42. The first-order valence-electron chi connectivity index (χ1n) is 9.24. The Bertz CT molecular complexity index is 1060. The van der Waals surface area contributed by atoms with Crippen LogP contribution in [-0.2, 0) is 0 Å². The van der Waals surface area contributed by atoms with Crippen molar-refractivity contribution in [3.05, 3.63) is 89.5 Å².